The van der Waals surface area contributed by atoms with Crippen molar-refractivity contribution in [3.05, 3.63) is 42.7 Å². The number of thioether (sulfide) groups is 2. The summed E-state index contributed by atoms with van der Waals surface area (Å²) >= 11 is 3.16. The molecule has 0 amide bonds. The second-order valence-electron chi connectivity index (χ2n) is 7.09. The standard InChI is InChI=1S/C19H18N6O3S3/c1-24(2)31(26,27)14-5-6-16-15(8-14)21-19(28-16)30-11-13-10-29-18-23-22-17(25(13)18)12-4-3-7-20-9-12/h3-9,13H,10-11H2,1-2H3. The number of hydrogen-bond acceptors (Lipinski definition) is 9. The predicted octanol–water partition coefficient (Wildman–Crippen LogP) is 3.17. The van der Waals surface area contributed by atoms with Crippen LogP contribution in [0.2, 0.25) is 0 Å². The molecule has 5 rings (SSSR count). The molecule has 0 spiro atoms. The lowest BCUT2D eigenvalue weighted by Gasteiger charge is -2.12. The summed E-state index contributed by atoms with van der Waals surface area (Å²) in [4.78, 5) is 8.86. The van der Waals surface area contributed by atoms with Crippen LogP contribution in [0.3, 0.4) is 0 Å². The van der Waals surface area contributed by atoms with Gasteiger partial charge in [0.25, 0.3) is 5.22 Å². The number of aromatic nitrogens is 5. The van der Waals surface area contributed by atoms with Crippen molar-refractivity contribution in [1.29, 1.82) is 0 Å². The van der Waals surface area contributed by atoms with Crippen LogP contribution < -0.4 is 0 Å². The van der Waals surface area contributed by atoms with Gasteiger partial charge < -0.3 is 4.42 Å². The van der Waals surface area contributed by atoms with Gasteiger partial charge in [-0.2, -0.15) is 0 Å². The molecule has 31 heavy (non-hydrogen) atoms. The van der Waals surface area contributed by atoms with Crippen LogP contribution in [0.25, 0.3) is 22.5 Å². The molecule has 1 aliphatic rings. The average Bonchev–Trinajstić information content (AvgIpc) is 3.47. The van der Waals surface area contributed by atoms with Crippen LogP contribution >= 0.6 is 23.5 Å². The fourth-order valence-electron chi connectivity index (χ4n) is 3.25. The van der Waals surface area contributed by atoms with Crippen molar-refractivity contribution in [1.82, 2.24) is 29.0 Å². The van der Waals surface area contributed by atoms with Crippen molar-refractivity contribution in [3.63, 3.8) is 0 Å². The maximum absolute atomic E-state index is 12.4. The lowest BCUT2D eigenvalue weighted by Crippen LogP contribution is -2.22. The van der Waals surface area contributed by atoms with Crippen molar-refractivity contribution in [2.45, 2.75) is 21.3 Å². The molecule has 0 radical (unpaired) electrons. The summed E-state index contributed by atoms with van der Waals surface area (Å²) in [6.45, 7) is 0. The van der Waals surface area contributed by atoms with Gasteiger partial charge in [-0.3, -0.25) is 9.55 Å². The number of hydrogen-bond donors (Lipinski definition) is 0. The highest BCUT2D eigenvalue weighted by molar-refractivity contribution is 8.00. The Labute approximate surface area is 187 Å². The van der Waals surface area contributed by atoms with Gasteiger partial charge in [0.15, 0.2) is 16.6 Å². The largest absolute Gasteiger partial charge is 0.431 e. The van der Waals surface area contributed by atoms with Crippen LogP contribution in [-0.2, 0) is 10.0 Å². The summed E-state index contributed by atoms with van der Waals surface area (Å²) in [5.74, 6) is 2.41. The minimum Gasteiger partial charge on any atom is -0.431 e. The second-order valence-corrected chi connectivity index (χ2v) is 11.2. The van der Waals surface area contributed by atoms with Gasteiger partial charge in [-0.05, 0) is 30.3 Å². The zero-order valence-electron chi connectivity index (χ0n) is 16.7. The normalized spacial score (nSPS) is 16.3. The van der Waals surface area contributed by atoms with E-state index in [-0.39, 0.29) is 10.9 Å². The van der Waals surface area contributed by atoms with E-state index in [0.29, 0.717) is 16.3 Å². The zero-order chi connectivity index (χ0) is 21.6. The molecular formula is C19H18N6O3S3. The van der Waals surface area contributed by atoms with E-state index in [1.165, 1.54) is 36.2 Å². The molecule has 1 unspecified atom stereocenters. The van der Waals surface area contributed by atoms with Crippen molar-refractivity contribution in [2.24, 2.45) is 0 Å². The van der Waals surface area contributed by atoms with Gasteiger partial charge in [-0.25, -0.2) is 17.7 Å². The van der Waals surface area contributed by atoms with Crippen LogP contribution in [0.15, 0.2) is 62.4 Å². The van der Waals surface area contributed by atoms with E-state index in [2.05, 4.69) is 24.7 Å². The molecule has 0 fully saturated rings. The summed E-state index contributed by atoms with van der Waals surface area (Å²) in [5.41, 5.74) is 2.00. The van der Waals surface area contributed by atoms with Crippen LogP contribution in [0.1, 0.15) is 6.04 Å². The summed E-state index contributed by atoms with van der Waals surface area (Å²) in [6, 6.07) is 8.75. The Morgan fingerprint density at radius 2 is 2.16 bits per heavy atom. The highest BCUT2D eigenvalue weighted by Gasteiger charge is 2.29. The lowest BCUT2D eigenvalue weighted by molar-refractivity contribution is 0.487. The zero-order valence-corrected chi connectivity index (χ0v) is 19.1. The van der Waals surface area contributed by atoms with Gasteiger partial charge in [0.1, 0.15) is 5.52 Å². The van der Waals surface area contributed by atoms with E-state index in [4.69, 9.17) is 4.42 Å². The van der Waals surface area contributed by atoms with E-state index in [9.17, 15) is 8.42 Å². The summed E-state index contributed by atoms with van der Waals surface area (Å²) in [7, 11) is -0.518. The average molecular weight is 475 g/mol. The topological polar surface area (TPSA) is 107 Å². The monoisotopic (exact) mass is 474 g/mol. The number of fused-ring (bicyclic) bond motifs is 2. The minimum atomic E-state index is -3.52. The molecule has 1 aromatic carbocycles. The maximum atomic E-state index is 12.4. The Morgan fingerprint density at radius 1 is 1.29 bits per heavy atom. The molecule has 0 bridgehead atoms. The Kier molecular flexibility index (Phi) is 5.24. The number of oxazole rings is 1. The molecule has 9 nitrogen and oxygen atoms in total. The number of rotatable bonds is 6. The van der Waals surface area contributed by atoms with Crippen LogP contribution in [0.4, 0.5) is 0 Å². The van der Waals surface area contributed by atoms with Gasteiger partial charge in [0.05, 0.1) is 10.9 Å². The number of sulfonamides is 1. The first-order valence-electron chi connectivity index (χ1n) is 9.37. The first-order chi connectivity index (χ1) is 14.9. The van der Waals surface area contributed by atoms with Crippen LogP contribution in [0.5, 0.6) is 0 Å². The third-order valence-corrected chi connectivity index (χ3v) is 8.74. The molecule has 1 aliphatic heterocycles. The van der Waals surface area contributed by atoms with E-state index in [0.717, 1.165) is 28.0 Å². The predicted molar refractivity (Wildman–Crippen MR) is 119 cm³/mol. The number of pyridine rings is 1. The molecule has 0 saturated carbocycles. The Bertz CT molecular complexity index is 1350. The van der Waals surface area contributed by atoms with Crippen LogP contribution in [0, 0.1) is 0 Å². The molecule has 0 saturated heterocycles. The SMILES string of the molecule is CN(C)S(=O)(=O)c1ccc2oc(SCC3CSc4nnc(-c5cccnc5)n43)nc2c1. The molecule has 0 aliphatic carbocycles. The molecule has 160 valence electrons. The molecule has 3 aromatic heterocycles. The van der Waals surface area contributed by atoms with Crippen molar-refractivity contribution < 1.29 is 12.8 Å². The number of benzene rings is 1. The Balaban J connectivity index is 1.37. The molecule has 4 aromatic rings. The summed E-state index contributed by atoms with van der Waals surface area (Å²) < 4.78 is 33.9. The summed E-state index contributed by atoms with van der Waals surface area (Å²) in [6.07, 6.45) is 3.51. The van der Waals surface area contributed by atoms with E-state index in [1.54, 1.807) is 36.3 Å². The van der Waals surface area contributed by atoms with Gasteiger partial charge in [0, 0.05) is 43.6 Å². The fourth-order valence-corrected chi connectivity index (χ4v) is 6.32. The molecule has 0 N–H and O–H groups in total. The summed E-state index contributed by atoms with van der Waals surface area (Å²) in [5, 5.41) is 10.0. The van der Waals surface area contributed by atoms with Gasteiger partial charge in [-0.1, -0.05) is 23.5 Å². The first-order valence-corrected chi connectivity index (χ1v) is 12.8. The Hall–Kier alpha value is -2.41. The minimum absolute atomic E-state index is 0.176. The first kappa shape index (κ1) is 20.5. The quantitative estimate of drug-likeness (QED) is 0.389. The molecular weight excluding hydrogens is 456 g/mol. The van der Waals surface area contributed by atoms with E-state index >= 15 is 0 Å². The van der Waals surface area contributed by atoms with Crippen molar-refractivity contribution in [2.75, 3.05) is 25.6 Å². The highest BCUT2D eigenvalue weighted by atomic mass is 32.2. The van der Waals surface area contributed by atoms with E-state index in [1.807, 2.05) is 12.1 Å². The molecule has 12 heteroatoms. The Morgan fingerprint density at radius 3 is 2.94 bits per heavy atom. The second kappa shape index (κ2) is 7.93. The van der Waals surface area contributed by atoms with Crippen molar-refractivity contribution >= 4 is 44.6 Å². The third-order valence-electron chi connectivity index (χ3n) is 4.87. The smallest absolute Gasteiger partial charge is 0.256 e. The lowest BCUT2D eigenvalue weighted by atomic mass is 10.2. The maximum Gasteiger partial charge on any atom is 0.256 e. The molecule has 1 atom stereocenters. The van der Waals surface area contributed by atoms with Gasteiger partial charge in [-0.15, -0.1) is 10.2 Å². The van der Waals surface area contributed by atoms with E-state index < -0.39 is 10.0 Å². The van der Waals surface area contributed by atoms with Crippen molar-refractivity contribution in [3.8, 4) is 11.4 Å². The van der Waals surface area contributed by atoms with Gasteiger partial charge >= 0.3 is 0 Å². The fraction of sp³-hybridized carbons (Fsp3) is 0.263. The van der Waals surface area contributed by atoms with Gasteiger partial charge in [0.2, 0.25) is 10.0 Å². The third kappa shape index (κ3) is 3.73. The number of nitrogens with zero attached hydrogens (tertiary/aromatic N) is 6. The highest BCUT2D eigenvalue weighted by Crippen LogP contribution is 2.39. The van der Waals surface area contributed by atoms with Crippen LogP contribution in [-0.4, -0.2) is 63.1 Å². The molecule has 4 heterocycles.